The highest BCUT2D eigenvalue weighted by Crippen LogP contribution is 2.44. The maximum Gasteiger partial charge on any atom is 0.138 e. The number of anilines is 6. The van der Waals surface area contributed by atoms with Crippen molar-refractivity contribution < 1.29 is 0 Å². The van der Waals surface area contributed by atoms with Gasteiger partial charge in [-0.3, -0.25) is 9.80 Å². The van der Waals surface area contributed by atoms with Crippen LogP contribution in [0.5, 0.6) is 0 Å². The van der Waals surface area contributed by atoms with Crippen molar-refractivity contribution in [1.82, 2.24) is 9.97 Å². The molecular formula is C52H34N4. The topological polar surface area (TPSA) is 32.3 Å². The average Bonchev–Trinajstić information content (AvgIpc) is 3.28. The summed E-state index contributed by atoms with van der Waals surface area (Å²) < 4.78 is 0. The summed E-state index contributed by atoms with van der Waals surface area (Å²) in [5.41, 5.74) is 4.25. The van der Waals surface area contributed by atoms with Gasteiger partial charge < -0.3 is 0 Å². The Kier molecular flexibility index (Phi) is 7.46. The van der Waals surface area contributed by atoms with E-state index in [9.17, 15) is 0 Å². The number of para-hydroxylation sites is 4. The van der Waals surface area contributed by atoms with Crippen LogP contribution in [0.4, 0.5) is 34.4 Å². The van der Waals surface area contributed by atoms with Gasteiger partial charge in [0.25, 0.3) is 0 Å². The van der Waals surface area contributed by atoms with E-state index < -0.39 is 0 Å². The van der Waals surface area contributed by atoms with Crippen LogP contribution in [0.3, 0.4) is 0 Å². The van der Waals surface area contributed by atoms with Crippen molar-refractivity contribution in [3.05, 3.63) is 207 Å². The number of hydrogen-bond donors (Lipinski definition) is 0. The number of nitrogens with zero attached hydrogens (tertiary/aromatic N) is 4. The summed E-state index contributed by atoms with van der Waals surface area (Å²) in [5.74, 6) is 1.75. The van der Waals surface area contributed by atoms with E-state index in [0.29, 0.717) is 0 Å². The Morgan fingerprint density at radius 2 is 0.482 bits per heavy atom. The van der Waals surface area contributed by atoms with Gasteiger partial charge in [-0.15, -0.1) is 0 Å². The second kappa shape index (κ2) is 13.1. The third-order valence-electron chi connectivity index (χ3n) is 11.0. The lowest BCUT2D eigenvalue weighted by Gasteiger charge is -2.25. The van der Waals surface area contributed by atoms with Crippen LogP contribution >= 0.6 is 0 Å². The lowest BCUT2D eigenvalue weighted by molar-refractivity contribution is 1.19. The lowest BCUT2D eigenvalue weighted by Crippen LogP contribution is -2.11. The van der Waals surface area contributed by atoms with E-state index in [0.717, 1.165) is 45.2 Å². The fourth-order valence-corrected chi connectivity index (χ4v) is 8.54. The molecule has 4 nitrogen and oxygen atoms in total. The highest BCUT2D eigenvalue weighted by molar-refractivity contribution is 6.33. The molecule has 9 aromatic carbocycles. The van der Waals surface area contributed by atoms with E-state index in [2.05, 4.69) is 216 Å². The molecule has 0 saturated carbocycles. The van der Waals surface area contributed by atoms with Gasteiger partial charge in [-0.25, -0.2) is 9.97 Å². The largest absolute Gasteiger partial charge is 0.295 e. The molecule has 2 heterocycles. The van der Waals surface area contributed by atoms with Gasteiger partial charge in [0.1, 0.15) is 11.6 Å². The molecule has 0 atom stereocenters. The van der Waals surface area contributed by atoms with E-state index in [1.54, 1.807) is 0 Å². The fraction of sp³-hybridized carbons (Fsp3) is 0. The van der Waals surface area contributed by atoms with E-state index in [1.165, 1.54) is 53.9 Å². The molecule has 4 heteroatoms. The predicted octanol–water partition coefficient (Wildman–Crippen LogP) is 14.3. The SMILES string of the molecule is c1ccc(N(c2ccccc2)c2cc3c4ccccc4c4cc5c6cnc(N(c7ccccc7)c7ccccc7)cc6c6ccccc6c5cc4c3cn2)cc1. The smallest absolute Gasteiger partial charge is 0.138 e. The minimum atomic E-state index is 0.874. The van der Waals surface area contributed by atoms with Crippen molar-refractivity contribution in [2.45, 2.75) is 0 Å². The third-order valence-corrected chi connectivity index (χ3v) is 11.0. The van der Waals surface area contributed by atoms with Crippen LogP contribution in [0, 0.1) is 0 Å². The molecule has 0 unspecified atom stereocenters. The molecule has 0 spiro atoms. The molecule has 0 aliphatic rings. The van der Waals surface area contributed by atoms with Crippen molar-refractivity contribution in [1.29, 1.82) is 0 Å². The molecule has 0 aliphatic carbocycles. The van der Waals surface area contributed by atoms with Gasteiger partial charge in [0, 0.05) is 45.9 Å². The van der Waals surface area contributed by atoms with Crippen molar-refractivity contribution in [2.75, 3.05) is 9.80 Å². The van der Waals surface area contributed by atoms with Crippen LogP contribution in [0.2, 0.25) is 0 Å². The van der Waals surface area contributed by atoms with Crippen LogP contribution in [0.15, 0.2) is 207 Å². The minimum absolute atomic E-state index is 0.874. The van der Waals surface area contributed by atoms with Gasteiger partial charge >= 0.3 is 0 Å². The molecular weight excluding hydrogens is 681 g/mol. The third kappa shape index (κ3) is 5.15. The fourth-order valence-electron chi connectivity index (χ4n) is 8.54. The summed E-state index contributed by atoms with van der Waals surface area (Å²) in [5, 5.41) is 14.2. The Labute approximate surface area is 324 Å². The normalized spacial score (nSPS) is 11.6. The van der Waals surface area contributed by atoms with Crippen LogP contribution in [0.1, 0.15) is 0 Å². The summed E-state index contributed by atoms with van der Waals surface area (Å²) >= 11 is 0. The molecule has 262 valence electrons. The first kappa shape index (κ1) is 31.9. The summed E-state index contributed by atoms with van der Waals surface area (Å²) in [6, 6.07) is 68.8. The number of rotatable bonds is 6. The van der Waals surface area contributed by atoms with Gasteiger partial charge in [0.2, 0.25) is 0 Å². The van der Waals surface area contributed by atoms with Crippen molar-refractivity contribution in [2.24, 2.45) is 0 Å². The van der Waals surface area contributed by atoms with E-state index >= 15 is 0 Å². The number of pyridine rings is 2. The van der Waals surface area contributed by atoms with E-state index in [4.69, 9.17) is 9.97 Å². The van der Waals surface area contributed by atoms with Crippen LogP contribution in [0.25, 0.3) is 64.6 Å². The Bertz CT molecular complexity index is 2940. The highest BCUT2D eigenvalue weighted by Gasteiger charge is 2.20. The molecule has 2 aromatic heterocycles. The van der Waals surface area contributed by atoms with Gasteiger partial charge in [-0.2, -0.15) is 0 Å². The molecule has 0 radical (unpaired) electrons. The molecule has 0 saturated heterocycles. The first-order chi connectivity index (χ1) is 27.8. The Morgan fingerprint density at radius 3 is 0.786 bits per heavy atom. The molecule has 0 bridgehead atoms. The zero-order chi connectivity index (χ0) is 37.0. The van der Waals surface area contributed by atoms with Crippen molar-refractivity contribution in [3.8, 4) is 0 Å². The Hall–Kier alpha value is -7.56. The average molecular weight is 715 g/mol. The molecule has 0 N–H and O–H groups in total. The monoisotopic (exact) mass is 714 g/mol. The molecule has 11 aromatic rings. The maximum absolute atomic E-state index is 5.20. The van der Waals surface area contributed by atoms with Crippen LogP contribution in [-0.2, 0) is 0 Å². The van der Waals surface area contributed by atoms with E-state index in [-0.39, 0.29) is 0 Å². The first-order valence-corrected chi connectivity index (χ1v) is 19.0. The zero-order valence-corrected chi connectivity index (χ0v) is 30.4. The molecule has 0 fully saturated rings. The van der Waals surface area contributed by atoms with Crippen molar-refractivity contribution >= 4 is 99.0 Å². The Morgan fingerprint density at radius 1 is 0.232 bits per heavy atom. The number of hydrogen-bond acceptors (Lipinski definition) is 4. The molecule has 11 rings (SSSR count). The van der Waals surface area contributed by atoms with Crippen LogP contribution in [-0.4, -0.2) is 9.97 Å². The van der Waals surface area contributed by atoms with Crippen molar-refractivity contribution in [3.63, 3.8) is 0 Å². The first-order valence-electron chi connectivity index (χ1n) is 19.0. The van der Waals surface area contributed by atoms with Gasteiger partial charge in [-0.05, 0) is 127 Å². The highest BCUT2D eigenvalue weighted by atomic mass is 15.2. The molecule has 56 heavy (non-hydrogen) atoms. The van der Waals surface area contributed by atoms with Gasteiger partial charge in [-0.1, -0.05) is 121 Å². The maximum atomic E-state index is 5.20. The molecule has 0 amide bonds. The summed E-state index contributed by atoms with van der Waals surface area (Å²) in [6.07, 6.45) is 4.14. The van der Waals surface area contributed by atoms with E-state index in [1.807, 2.05) is 0 Å². The number of benzene rings is 9. The second-order valence-corrected chi connectivity index (χ2v) is 14.2. The number of aromatic nitrogens is 2. The van der Waals surface area contributed by atoms with Gasteiger partial charge in [0.15, 0.2) is 0 Å². The van der Waals surface area contributed by atoms with Gasteiger partial charge in [0.05, 0.1) is 0 Å². The lowest BCUT2D eigenvalue weighted by atomic mass is 9.89. The van der Waals surface area contributed by atoms with Crippen LogP contribution < -0.4 is 9.80 Å². The summed E-state index contributed by atoms with van der Waals surface area (Å²) in [7, 11) is 0. The summed E-state index contributed by atoms with van der Waals surface area (Å²) in [6.45, 7) is 0. The zero-order valence-electron chi connectivity index (χ0n) is 30.4. The quantitative estimate of drug-likeness (QED) is 0.127. The summed E-state index contributed by atoms with van der Waals surface area (Å²) in [4.78, 5) is 14.9. The predicted molar refractivity (Wildman–Crippen MR) is 236 cm³/mol. The second-order valence-electron chi connectivity index (χ2n) is 14.2. The number of fused-ring (bicyclic) bond motifs is 12. The standard InChI is InChI=1S/C52H34N4/c1-5-17-35(18-6-1)55(36-19-7-2-8-20-36)51-31-47-41-27-15-13-25-39(41)43-30-46-44(29-45(43)49(47)33-53-51)40-26-14-16-28-42(40)48-32-52(54-34-50(46)48)56(37-21-9-3-10-22-37)38-23-11-4-12-24-38/h1-34H. The molecule has 0 aliphatic heterocycles. The minimum Gasteiger partial charge on any atom is -0.295 e. The Balaban J connectivity index is 1.18.